The van der Waals surface area contributed by atoms with Gasteiger partial charge in [0.05, 0.1) is 0 Å². The summed E-state index contributed by atoms with van der Waals surface area (Å²) < 4.78 is 0. The van der Waals surface area contributed by atoms with E-state index in [9.17, 15) is 0 Å². The van der Waals surface area contributed by atoms with Gasteiger partial charge in [0, 0.05) is 29.3 Å². The lowest BCUT2D eigenvalue weighted by Gasteiger charge is -2.19. The van der Waals surface area contributed by atoms with Crippen molar-refractivity contribution in [2.24, 2.45) is 0 Å². The molecule has 2 aromatic carbocycles. The minimum absolute atomic E-state index is 0.769. The molecule has 0 amide bonds. The van der Waals surface area contributed by atoms with Crippen molar-refractivity contribution < 1.29 is 0 Å². The molecule has 0 atom stereocenters. The maximum atomic E-state index is 5.98. The number of anilines is 1. The molecule has 0 aliphatic rings. The molecule has 0 radical (unpaired) electrons. The van der Waals surface area contributed by atoms with Gasteiger partial charge in [-0.3, -0.25) is 0 Å². The van der Waals surface area contributed by atoms with Crippen LogP contribution < -0.4 is 4.90 Å². The average molecular weight is 280 g/mol. The van der Waals surface area contributed by atoms with Crippen LogP contribution in [0.15, 0.2) is 48.5 Å². The Morgan fingerprint density at radius 2 is 1.67 bits per heavy atom. The minimum atomic E-state index is 0.769. The van der Waals surface area contributed by atoms with E-state index in [2.05, 4.69) is 30.1 Å². The van der Waals surface area contributed by atoms with Gasteiger partial charge in [-0.15, -0.1) is 0 Å². The summed E-state index contributed by atoms with van der Waals surface area (Å²) in [6.45, 7) is 0.946. The summed E-state index contributed by atoms with van der Waals surface area (Å²) in [4.78, 5) is 2.19. The molecular weight excluding hydrogens is 265 g/mol. The van der Waals surface area contributed by atoms with Crippen molar-refractivity contribution in [3.8, 4) is 0 Å². The van der Waals surface area contributed by atoms with Gasteiger partial charge in [0.1, 0.15) is 0 Å². The summed E-state index contributed by atoms with van der Waals surface area (Å²) in [5.41, 5.74) is 2.42. The summed E-state index contributed by atoms with van der Waals surface area (Å²) in [5.74, 6) is 0. The quantitative estimate of drug-likeness (QED) is 0.786. The molecule has 0 aliphatic carbocycles. The Morgan fingerprint density at radius 1 is 0.944 bits per heavy atom. The Labute approximate surface area is 118 Å². The zero-order chi connectivity index (χ0) is 13.0. The zero-order valence-electron chi connectivity index (χ0n) is 10.2. The van der Waals surface area contributed by atoms with E-state index in [0.29, 0.717) is 0 Å². The minimum Gasteiger partial charge on any atom is -0.374 e. The van der Waals surface area contributed by atoms with Crippen molar-refractivity contribution >= 4 is 28.9 Å². The van der Waals surface area contributed by atoms with Crippen molar-refractivity contribution in [1.29, 1.82) is 0 Å². The number of halogens is 2. The third-order valence-electron chi connectivity index (χ3n) is 2.90. The van der Waals surface area contributed by atoms with Gasteiger partial charge in [0.15, 0.2) is 0 Å². The Hall–Kier alpha value is -1.18. The molecule has 3 heteroatoms. The number of hydrogen-bond acceptors (Lipinski definition) is 1. The molecule has 0 spiro atoms. The summed E-state index contributed by atoms with van der Waals surface area (Å²) in [6.07, 6.45) is 0.986. The first-order valence-electron chi connectivity index (χ1n) is 5.86. The molecular formula is C15H15Cl2N. The van der Waals surface area contributed by atoms with Gasteiger partial charge in [-0.25, -0.2) is 0 Å². The molecule has 2 rings (SSSR count). The van der Waals surface area contributed by atoms with E-state index in [-0.39, 0.29) is 0 Å². The third-order valence-corrected chi connectivity index (χ3v) is 3.39. The van der Waals surface area contributed by atoms with Crippen molar-refractivity contribution in [2.75, 3.05) is 18.5 Å². The van der Waals surface area contributed by atoms with Crippen LogP contribution in [0.1, 0.15) is 5.56 Å². The molecule has 0 bridgehead atoms. The normalized spacial score (nSPS) is 10.4. The Balaban J connectivity index is 1.96. The van der Waals surface area contributed by atoms with E-state index in [1.165, 1.54) is 5.56 Å². The van der Waals surface area contributed by atoms with Crippen LogP contribution in [-0.2, 0) is 6.42 Å². The number of rotatable bonds is 4. The average Bonchev–Trinajstić information content (AvgIpc) is 2.38. The fraction of sp³-hybridized carbons (Fsp3) is 0.200. The first-order valence-corrected chi connectivity index (χ1v) is 6.62. The predicted molar refractivity (Wildman–Crippen MR) is 79.9 cm³/mol. The van der Waals surface area contributed by atoms with Crippen molar-refractivity contribution in [3.63, 3.8) is 0 Å². The second-order valence-electron chi connectivity index (χ2n) is 4.28. The van der Waals surface area contributed by atoms with Gasteiger partial charge in [-0.1, -0.05) is 41.4 Å². The highest BCUT2D eigenvalue weighted by Crippen LogP contribution is 2.18. The first kappa shape index (κ1) is 13.3. The number of likely N-dealkylation sites (N-methyl/N-ethyl adjacent to an activating group) is 1. The summed E-state index contributed by atoms with van der Waals surface area (Å²) in [7, 11) is 2.07. The smallest absolute Gasteiger partial charge is 0.0426 e. The molecule has 0 aliphatic heterocycles. The van der Waals surface area contributed by atoms with E-state index in [0.717, 1.165) is 28.7 Å². The molecule has 0 heterocycles. The monoisotopic (exact) mass is 279 g/mol. The fourth-order valence-corrected chi connectivity index (χ4v) is 2.10. The van der Waals surface area contributed by atoms with Crippen molar-refractivity contribution in [3.05, 3.63) is 64.1 Å². The zero-order valence-corrected chi connectivity index (χ0v) is 11.7. The number of hydrogen-bond donors (Lipinski definition) is 0. The van der Waals surface area contributed by atoms with E-state index in [4.69, 9.17) is 23.2 Å². The number of benzene rings is 2. The molecule has 2 aromatic rings. The van der Waals surface area contributed by atoms with Crippen LogP contribution in [-0.4, -0.2) is 13.6 Å². The summed E-state index contributed by atoms with van der Waals surface area (Å²) >= 11 is 11.8. The lowest BCUT2D eigenvalue weighted by atomic mass is 10.1. The van der Waals surface area contributed by atoms with Gasteiger partial charge in [0.25, 0.3) is 0 Å². The number of nitrogens with zero attached hydrogens (tertiary/aromatic N) is 1. The van der Waals surface area contributed by atoms with Crippen LogP contribution in [0.25, 0.3) is 0 Å². The fourth-order valence-electron chi connectivity index (χ4n) is 1.79. The molecule has 0 fully saturated rings. The van der Waals surface area contributed by atoms with Gasteiger partial charge in [0.2, 0.25) is 0 Å². The Kier molecular flexibility index (Phi) is 4.51. The molecule has 0 unspecified atom stereocenters. The van der Waals surface area contributed by atoms with Crippen LogP contribution in [0.4, 0.5) is 5.69 Å². The van der Waals surface area contributed by atoms with E-state index in [1.807, 2.05) is 30.3 Å². The standard InChI is InChI=1S/C15H15Cl2N/c1-18(15-4-2-3-14(17)11-15)10-9-12-5-7-13(16)8-6-12/h2-8,11H,9-10H2,1H3. The second kappa shape index (κ2) is 6.12. The topological polar surface area (TPSA) is 3.24 Å². The lowest BCUT2D eigenvalue weighted by molar-refractivity contribution is 0.877. The molecule has 18 heavy (non-hydrogen) atoms. The first-order chi connectivity index (χ1) is 8.65. The highest BCUT2D eigenvalue weighted by atomic mass is 35.5. The highest BCUT2D eigenvalue weighted by Gasteiger charge is 2.02. The van der Waals surface area contributed by atoms with Crippen LogP contribution in [0.2, 0.25) is 10.0 Å². The molecule has 0 aromatic heterocycles. The second-order valence-corrected chi connectivity index (χ2v) is 5.15. The van der Waals surface area contributed by atoms with Crippen LogP contribution in [0.3, 0.4) is 0 Å². The van der Waals surface area contributed by atoms with Gasteiger partial charge >= 0.3 is 0 Å². The Bertz CT molecular complexity index is 508. The van der Waals surface area contributed by atoms with Crippen molar-refractivity contribution in [1.82, 2.24) is 0 Å². The summed E-state index contributed by atoms with van der Waals surface area (Å²) in [5, 5.41) is 1.55. The van der Waals surface area contributed by atoms with Crippen LogP contribution >= 0.6 is 23.2 Å². The highest BCUT2D eigenvalue weighted by molar-refractivity contribution is 6.31. The predicted octanol–water partition coefficient (Wildman–Crippen LogP) is 4.67. The summed E-state index contributed by atoms with van der Waals surface area (Å²) in [6, 6.07) is 15.9. The molecule has 1 nitrogen and oxygen atoms in total. The van der Waals surface area contributed by atoms with Gasteiger partial charge < -0.3 is 4.90 Å². The molecule has 0 saturated heterocycles. The van der Waals surface area contributed by atoms with E-state index >= 15 is 0 Å². The maximum absolute atomic E-state index is 5.98. The SMILES string of the molecule is CN(CCc1ccc(Cl)cc1)c1cccc(Cl)c1. The van der Waals surface area contributed by atoms with Crippen LogP contribution in [0.5, 0.6) is 0 Å². The lowest BCUT2D eigenvalue weighted by Crippen LogP contribution is -2.20. The third kappa shape index (κ3) is 3.66. The van der Waals surface area contributed by atoms with E-state index in [1.54, 1.807) is 0 Å². The van der Waals surface area contributed by atoms with E-state index < -0.39 is 0 Å². The van der Waals surface area contributed by atoms with Gasteiger partial charge in [-0.2, -0.15) is 0 Å². The largest absolute Gasteiger partial charge is 0.374 e. The van der Waals surface area contributed by atoms with Gasteiger partial charge in [-0.05, 0) is 42.3 Å². The maximum Gasteiger partial charge on any atom is 0.0426 e. The van der Waals surface area contributed by atoms with Crippen molar-refractivity contribution in [2.45, 2.75) is 6.42 Å². The van der Waals surface area contributed by atoms with Crippen LogP contribution in [0, 0.1) is 0 Å². The molecule has 94 valence electrons. The molecule has 0 saturated carbocycles. The Morgan fingerprint density at radius 3 is 2.33 bits per heavy atom. The molecule has 0 N–H and O–H groups in total.